The molecule has 0 aliphatic rings. The molecule has 2 aromatic rings. The molecule has 0 spiro atoms. The first kappa shape index (κ1) is 11.8. The lowest BCUT2D eigenvalue weighted by Crippen LogP contribution is -2.24. The summed E-state index contributed by atoms with van der Waals surface area (Å²) in [6.45, 7) is 0. The summed E-state index contributed by atoms with van der Waals surface area (Å²) in [6.07, 6.45) is 8.25. The van der Waals surface area contributed by atoms with Crippen LogP contribution in [0.5, 0.6) is 0 Å². The maximum atomic E-state index is 6.10. The second-order valence-corrected chi connectivity index (χ2v) is 4.28. The molecule has 0 fully saturated rings. The highest BCUT2D eigenvalue weighted by molar-refractivity contribution is 5.05. The summed E-state index contributed by atoms with van der Waals surface area (Å²) in [5.41, 5.74) is 7.15. The summed E-state index contributed by atoms with van der Waals surface area (Å²) in [4.78, 5) is 8.57. The quantitative estimate of drug-likeness (QED) is 0.842. The Bertz CT molecular complexity index is 449. The van der Waals surface area contributed by atoms with E-state index in [9.17, 15) is 0 Å². The Balaban J connectivity index is 1.82. The molecule has 0 aromatic carbocycles. The Labute approximate surface area is 102 Å². The monoisotopic (exact) mass is 230 g/mol. The fraction of sp³-hybridized carbons (Fsp3) is 0.385. The highest BCUT2D eigenvalue weighted by Crippen LogP contribution is 2.05. The van der Waals surface area contributed by atoms with Gasteiger partial charge in [0.1, 0.15) is 5.82 Å². The number of nitrogens with two attached hydrogens (primary N) is 1. The molecule has 1 unspecified atom stereocenters. The number of aromatic nitrogens is 3. The third-order valence-corrected chi connectivity index (χ3v) is 2.86. The topological polar surface area (TPSA) is 56.7 Å². The Hall–Kier alpha value is -1.68. The highest BCUT2D eigenvalue weighted by Gasteiger charge is 2.07. The number of rotatable bonds is 5. The van der Waals surface area contributed by atoms with Gasteiger partial charge in [-0.15, -0.1) is 0 Å². The molecule has 0 radical (unpaired) electrons. The molecular weight excluding hydrogens is 212 g/mol. The number of hydrogen-bond acceptors (Lipinski definition) is 3. The fourth-order valence-electron chi connectivity index (χ4n) is 1.84. The fourth-order valence-corrected chi connectivity index (χ4v) is 1.84. The minimum atomic E-state index is 0.140. The molecule has 17 heavy (non-hydrogen) atoms. The van der Waals surface area contributed by atoms with Gasteiger partial charge in [-0.3, -0.25) is 4.98 Å². The molecule has 0 saturated heterocycles. The average molecular weight is 230 g/mol. The van der Waals surface area contributed by atoms with Crippen LogP contribution in [0.3, 0.4) is 0 Å². The Morgan fingerprint density at radius 1 is 1.29 bits per heavy atom. The third kappa shape index (κ3) is 3.39. The van der Waals surface area contributed by atoms with E-state index in [-0.39, 0.29) is 6.04 Å². The molecule has 0 aliphatic heterocycles. The Morgan fingerprint density at radius 2 is 2.18 bits per heavy atom. The first-order valence-corrected chi connectivity index (χ1v) is 5.87. The molecule has 2 N–H and O–H groups in total. The summed E-state index contributed by atoms with van der Waals surface area (Å²) in [6, 6.07) is 6.07. The smallest absolute Gasteiger partial charge is 0.108 e. The predicted octanol–water partition coefficient (Wildman–Crippen LogP) is 1.32. The zero-order chi connectivity index (χ0) is 12.1. The van der Waals surface area contributed by atoms with Crippen LogP contribution in [-0.4, -0.2) is 20.6 Å². The number of imidazole rings is 1. The van der Waals surface area contributed by atoms with Crippen LogP contribution in [0.15, 0.2) is 36.8 Å². The zero-order valence-corrected chi connectivity index (χ0v) is 10.1. The van der Waals surface area contributed by atoms with Gasteiger partial charge in [0.05, 0.1) is 0 Å². The Morgan fingerprint density at radius 3 is 2.82 bits per heavy atom. The van der Waals surface area contributed by atoms with Crippen molar-refractivity contribution in [1.82, 2.24) is 14.5 Å². The van der Waals surface area contributed by atoms with Gasteiger partial charge in [0.15, 0.2) is 0 Å². The van der Waals surface area contributed by atoms with E-state index in [0.29, 0.717) is 0 Å². The van der Waals surface area contributed by atoms with E-state index in [1.807, 2.05) is 42.2 Å². The van der Waals surface area contributed by atoms with Gasteiger partial charge >= 0.3 is 0 Å². The SMILES string of the molecule is Cn1ccnc1CCC(N)Cc1ccccn1. The van der Waals surface area contributed by atoms with Crippen LogP contribution in [0.4, 0.5) is 0 Å². The minimum Gasteiger partial charge on any atom is -0.338 e. The summed E-state index contributed by atoms with van der Waals surface area (Å²) >= 11 is 0. The van der Waals surface area contributed by atoms with E-state index in [2.05, 4.69) is 9.97 Å². The van der Waals surface area contributed by atoms with Crippen molar-refractivity contribution in [3.8, 4) is 0 Å². The lowest BCUT2D eigenvalue weighted by molar-refractivity contribution is 0.583. The second-order valence-electron chi connectivity index (χ2n) is 4.28. The molecule has 0 aliphatic carbocycles. The molecule has 2 rings (SSSR count). The summed E-state index contributed by atoms with van der Waals surface area (Å²) in [7, 11) is 2.01. The van der Waals surface area contributed by atoms with Gasteiger partial charge < -0.3 is 10.3 Å². The van der Waals surface area contributed by atoms with Crippen molar-refractivity contribution in [3.63, 3.8) is 0 Å². The largest absolute Gasteiger partial charge is 0.338 e. The minimum absolute atomic E-state index is 0.140. The third-order valence-electron chi connectivity index (χ3n) is 2.86. The second kappa shape index (κ2) is 5.59. The van der Waals surface area contributed by atoms with Gasteiger partial charge in [-0.05, 0) is 18.6 Å². The first-order valence-electron chi connectivity index (χ1n) is 5.87. The summed E-state index contributed by atoms with van der Waals surface area (Å²) in [5.74, 6) is 1.08. The molecule has 4 nitrogen and oxygen atoms in total. The lowest BCUT2D eigenvalue weighted by Gasteiger charge is -2.10. The van der Waals surface area contributed by atoms with Crippen molar-refractivity contribution in [2.24, 2.45) is 12.8 Å². The molecule has 2 heterocycles. The molecule has 1 atom stereocenters. The van der Waals surface area contributed by atoms with Gasteiger partial charge in [-0.25, -0.2) is 4.98 Å². The normalized spacial score (nSPS) is 12.6. The Kier molecular flexibility index (Phi) is 3.88. The van der Waals surface area contributed by atoms with Gasteiger partial charge in [-0.1, -0.05) is 6.07 Å². The zero-order valence-electron chi connectivity index (χ0n) is 10.1. The van der Waals surface area contributed by atoms with E-state index in [4.69, 9.17) is 5.73 Å². The van der Waals surface area contributed by atoms with Crippen LogP contribution in [0.1, 0.15) is 17.9 Å². The van der Waals surface area contributed by atoms with Gasteiger partial charge in [0.25, 0.3) is 0 Å². The molecule has 2 aromatic heterocycles. The highest BCUT2D eigenvalue weighted by atomic mass is 15.0. The van der Waals surface area contributed by atoms with Crippen LogP contribution >= 0.6 is 0 Å². The van der Waals surface area contributed by atoms with E-state index in [0.717, 1.165) is 30.8 Å². The summed E-state index contributed by atoms with van der Waals surface area (Å²) in [5, 5.41) is 0. The van der Waals surface area contributed by atoms with E-state index in [1.165, 1.54) is 0 Å². The molecule has 0 saturated carbocycles. The maximum Gasteiger partial charge on any atom is 0.108 e. The van der Waals surface area contributed by atoms with E-state index < -0.39 is 0 Å². The van der Waals surface area contributed by atoms with Gasteiger partial charge in [0, 0.05) is 50.2 Å². The summed E-state index contributed by atoms with van der Waals surface area (Å²) < 4.78 is 2.04. The van der Waals surface area contributed by atoms with Crippen LogP contribution in [0, 0.1) is 0 Å². The van der Waals surface area contributed by atoms with Crippen molar-refractivity contribution in [1.29, 1.82) is 0 Å². The van der Waals surface area contributed by atoms with Crippen LogP contribution in [-0.2, 0) is 19.9 Å². The lowest BCUT2D eigenvalue weighted by atomic mass is 10.1. The molecule has 4 heteroatoms. The van der Waals surface area contributed by atoms with Crippen LogP contribution in [0.25, 0.3) is 0 Å². The average Bonchev–Trinajstić information content (AvgIpc) is 2.74. The number of aryl methyl sites for hydroxylation is 2. The van der Waals surface area contributed by atoms with E-state index >= 15 is 0 Å². The van der Waals surface area contributed by atoms with Gasteiger partial charge in [0.2, 0.25) is 0 Å². The van der Waals surface area contributed by atoms with Crippen LogP contribution < -0.4 is 5.73 Å². The van der Waals surface area contributed by atoms with Crippen LogP contribution in [0.2, 0.25) is 0 Å². The number of hydrogen-bond donors (Lipinski definition) is 1. The molecule has 0 amide bonds. The van der Waals surface area contributed by atoms with Crippen molar-refractivity contribution < 1.29 is 0 Å². The van der Waals surface area contributed by atoms with E-state index in [1.54, 1.807) is 6.20 Å². The maximum absolute atomic E-state index is 6.10. The number of pyridine rings is 1. The van der Waals surface area contributed by atoms with Gasteiger partial charge in [-0.2, -0.15) is 0 Å². The van der Waals surface area contributed by atoms with Crippen molar-refractivity contribution >= 4 is 0 Å². The predicted molar refractivity (Wildman–Crippen MR) is 67.4 cm³/mol. The standard InChI is InChI=1S/C13H18N4/c1-17-9-8-16-13(17)6-5-11(14)10-12-4-2-3-7-15-12/h2-4,7-9,11H,5-6,10,14H2,1H3. The molecule has 90 valence electrons. The van der Waals surface area contributed by atoms with Crippen molar-refractivity contribution in [3.05, 3.63) is 48.3 Å². The number of nitrogens with zero attached hydrogens (tertiary/aromatic N) is 3. The van der Waals surface area contributed by atoms with Crippen molar-refractivity contribution in [2.45, 2.75) is 25.3 Å². The first-order chi connectivity index (χ1) is 8.25. The molecule has 0 bridgehead atoms. The van der Waals surface area contributed by atoms with Crippen molar-refractivity contribution in [2.75, 3.05) is 0 Å². The molecular formula is C13H18N4.